The average molecular weight is 533 g/mol. The first-order valence-electron chi connectivity index (χ1n) is 12.1. The number of carbonyl (C=O) groups is 1. The Balaban J connectivity index is 1.35. The highest BCUT2D eigenvalue weighted by atomic mass is 32.2. The smallest absolute Gasteiger partial charge is 0.454 e. The Morgan fingerprint density at radius 2 is 1.46 bits per heavy atom. The van der Waals surface area contributed by atoms with E-state index in [4.69, 9.17) is 14.2 Å². The Kier molecular flexibility index (Phi) is 6.21. The number of ether oxygens (including phenoxy) is 3. The van der Waals surface area contributed by atoms with E-state index in [2.05, 4.69) is 4.18 Å². The SMILES string of the molecule is O=C(OC12CC3CC(CC(C3)C1)C2)C(F)(F)S(=O)(=O)OC(C1CCCC12OCCCO2)C(F)(F)F. The van der Waals surface area contributed by atoms with Gasteiger partial charge in [-0.25, -0.2) is 4.79 Å². The van der Waals surface area contributed by atoms with Crippen LogP contribution in [0.3, 0.4) is 0 Å². The van der Waals surface area contributed by atoms with Gasteiger partial charge in [0.25, 0.3) is 0 Å². The molecular formula is C22H29F5O7S. The van der Waals surface area contributed by atoms with Gasteiger partial charge in [-0.05, 0) is 75.5 Å². The van der Waals surface area contributed by atoms with Crippen LogP contribution in [0.1, 0.15) is 64.2 Å². The number of hydrogen-bond acceptors (Lipinski definition) is 7. The maximum Gasteiger partial charge on any atom is 0.466 e. The van der Waals surface area contributed by atoms with Crippen molar-refractivity contribution in [3.05, 3.63) is 0 Å². The van der Waals surface area contributed by atoms with Crippen LogP contribution in [0.2, 0.25) is 0 Å². The van der Waals surface area contributed by atoms with Gasteiger partial charge in [0.2, 0.25) is 0 Å². The van der Waals surface area contributed by atoms with Crippen LogP contribution in [0.25, 0.3) is 0 Å². The quantitative estimate of drug-likeness (QED) is 0.286. The normalized spacial score (nSPS) is 37.5. The summed E-state index contributed by atoms with van der Waals surface area (Å²) in [7, 11) is -6.36. The third kappa shape index (κ3) is 4.48. The van der Waals surface area contributed by atoms with Gasteiger partial charge >= 0.3 is 27.5 Å². The monoisotopic (exact) mass is 532 g/mol. The van der Waals surface area contributed by atoms with Gasteiger partial charge in [-0.3, -0.25) is 4.18 Å². The third-order valence-corrected chi connectivity index (χ3v) is 9.60. The van der Waals surface area contributed by atoms with Gasteiger partial charge in [0.15, 0.2) is 11.9 Å². The van der Waals surface area contributed by atoms with Crippen LogP contribution in [0.15, 0.2) is 0 Å². The molecule has 0 radical (unpaired) electrons. The van der Waals surface area contributed by atoms with Crippen LogP contribution in [0, 0.1) is 23.7 Å². The average Bonchev–Trinajstić information content (AvgIpc) is 3.12. The zero-order chi connectivity index (χ0) is 25.3. The molecule has 6 fully saturated rings. The van der Waals surface area contributed by atoms with Gasteiger partial charge in [0.1, 0.15) is 5.60 Å². The molecule has 0 aromatic heterocycles. The Morgan fingerprint density at radius 3 is 1.97 bits per heavy atom. The van der Waals surface area contributed by atoms with Crippen molar-refractivity contribution in [2.45, 2.75) is 93.1 Å². The van der Waals surface area contributed by atoms with Crippen molar-refractivity contribution in [2.75, 3.05) is 13.2 Å². The van der Waals surface area contributed by atoms with Crippen molar-refractivity contribution in [3.63, 3.8) is 0 Å². The zero-order valence-corrected chi connectivity index (χ0v) is 19.8. The fourth-order valence-electron chi connectivity index (χ4n) is 7.37. The largest absolute Gasteiger partial charge is 0.466 e. The van der Waals surface area contributed by atoms with Gasteiger partial charge < -0.3 is 14.2 Å². The second kappa shape index (κ2) is 8.49. The van der Waals surface area contributed by atoms with Crippen molar-refractivity contribution in [3.8, 4) is 0 Å². The molecule has 0 aromatic rings. The Hall–Kier alpha value is -1.05. The molecule has 1 aliphatic heterocycles. The first kappa shape index (κ1) is 25.6. The maximum absolute atomic E-state index is 14.9. The van der Waals surface area contributed by atoms with E-state index in [0.717, 1.165) is 19.3 Å². The molecule has 0 amide bonds. The predicted octanol–water partition coefficient (Wildman–Crippen LogP) is 4.30. The molecule has 4 bridgehead atoms. The lowest BCUT2D eigenvalue weighted by Crippen LogP contribution is -2.57. The second-order valence-corrected chi connectivity index (χ2v) is 12.5. The van der Waals surface area contributed by atoms with Crippen molar-refractivity contribution in [2.24, 2.45) is 23.7 Å². The van der Waals surface area contributed by atoms with Crippen LogP contribution < -0.4 is 0 Å². The molecule has 1 spiro atoms. The van der Waals surface area contributed by atoms with E-state index in [0.29, 0.717) is 25.7 Å². The molecule has 200 valence electrons. The fourth-order valence-corrected chi connectivity index (χ4v) is 8.25. The highest BCUT2D eigenvalue weighted by Gasteiger charge is 2.65. The van der Waals surface area contributed by atoms with Crippen LogP contribution >= 0.6 is 0 Å². The highest BCUT2D eigenvalue weighted by molar-refractivity contribution is 7.88. The first-order chi connectivity index (χ1) is 16.3. The van der Waals surface area contributed by atoms with Crippen LogP contribution in [-0.2, 0) is 33.3 Å². The number of esters is 1. The van der Waals surface area contributed by atoms with E-state index in [-0.39, 0.29) is 50.2 Å². The number of rotatable bonds is 6. The summed E-state index contributed by atoms with van der Waals surface area (Å²) >= 11 is 0. The minimum absolute atomic E-state index is 0.0398. The zero-order valence-electron chi connectivity index (χ0n) is 19.0. The molecular weight excluding hydrogens is 503 g/mol. The van der Waals surface area contributed by atoms with Crippen LogP contribution in [-0.4, -0.2) is 56.5 Å². The topological polar surface area (TPSA) is 88.1 Å². The lowest BCUT2D eigenvalue weighted by Gasteiger charge is -2.55. The summed E-state index contributed by atoms with van der Waals surface area (Å²) in [6.45, 7) is 0.169. The standard InChI is InChI=1S/C22H29F5O7S/c23-21(24,25)17(16-3-1-4-20(16)31-5-2-6-32-20)34-35(29,30)22(26,27)18(28)33-19-10-13-7-14(11-19)9-15(8-13)12-19/h13-17H,1-12H2. The van der Waals surface area contributed by atoms with Crippen molar-refractivity contribution in [1.29, 1.82) is 0 Å². The van der Waals surface area contributed by atoms with Crippen molar-refractivity contribution in [1.82, 2.24) is 0 Å². The summed E-state index contributed by atoms with van der Waals surface area (Å²) in [5.74, 6) is -5.22. The van der Waals surface area contributed by atoms with E-state index in [9.17, 15) is 35.2 Å². The van der Waals surface area contributed by atoms with E-state index in [1.165, 1.54) is 0 Å². The minimum atomic E-state index is -6.36. The second-order valence-electron chi connectivity index (χ2n) is 10.9. The Bertz CT molecular complexity index is 909. The molecule has 1 heterocycles. The summed E-state index contributed by atoms with van der Waals surface area (Å²) in [4.78, 5) is 12.5. The summed E-state index contributed by atoms with van der Waals surface area (Å²) < 4.78 is 117. The molecule has 0 aromatic carbocycles. The van der Waals surface area contributed by atoms with E-state index < -0.39 is 50.9 Å². The first-order valence-corrected chi connectivity index (χ1v) is 13.5. The lowest BCUT2D eigenvalue weighted by atomic mass is 9.54. The molecule has 6 aliphatic rings. The predicted molar refractivity (Wildman–Crippen MR) is 108 cm³/mol. The van der Waals surface area contributed by atoms with Gasteiger partial charge in [-0.2, -0.15) is 30.4 Å². The molecule has 5 aliphatic carbocycles. The van der Waals surface area contributed by atoms with Gasteiger partial charge in [0.05, 0.1) is 13.2 Å². The molecule has 5 saturated carbocycles. The van der Waals surface area contributed by atoms with E-state index in [1.807, 2.05) is 0 Å². The minimum Gasteiger partial charge on any atom is -0.454 e. The summed E-state index contributed by atoms with van der Waals surface area (Å²) in [6.07, 6.45) is -4.24. The molecule has 13 heteroatoms. The fraction of sp³-hybridized carbons (Fsp3) is 0.955. The van der Waals surface area contributed by atoms with Gasteiger partial charge in [-0.1, -0.05) is 0 Å². The number of hydrogen-bond donors (Lipinski definition) is 0. The molecule has 7 nitrogen and oxygen atoms in total. The lowest BCUT2D eigenvalue weighted by molar-refractivity contribution is -0.317. The number of carbonyl (C=O) groups excluding carboxylic acids is 1. The Labute approximate surface area is 200 Å². The number of alkyl halides is 5. The van der Waals surface area contributed by atoms with Gasteiger partial charge in [0, 0.05) is 12.3 Å². The maximum atomic E-state index is 14.9. The molecule has 2 atom stereocenters. The van der Waals surface area contributed by atoms with Crippen molar-refractivity contribution >= 4 is 16.1 Å². The third-order valence-electron chi connectivity index (χ3n) is 8.35. The van der Waals surface area contributed by atoms with Gasteiger partial charge in [-0.15, -0.1) is 0 Å². The van der Waals surface area contributed by atoms with E-state index >= 15 is 0 Å². The van der Waals surface area contributed by atoms with Crippen LogP contribution in [0.5, 0.6) is 0 Å². The Morgan fingerprint density at radius 1 is 0.914 bits per heavy atom. The molecule has 2 unspecified atom stereocenters. The molecule has 6 rings (SSSR count). The van der Waals surface area contributed by atoms with Crippen molar-refractivity contribution < 1.29 is 53.6 Å². The van der Waals surface area contributed by atoms with Crippen LogP contribution in [0.4, 0.5) is 22.0 Å². The summed E-state index contributed by atoms with van der Waals surface area (Å²) in [5, 5.41) is -5.31. The molecule has 35 heavy (non-hydrogen) atoms. The summed E-state index contributed by atoms with van der Waals surface area (Å²) in [6, 6.07) is 0. The molecule has 0 N–H and O–H groups in total. The highest BCUT2D eigenvalue weighted by Crippen LogP contribution is 2.57. The van der Waals surface area contributed by atoms with E-state index in [1.54, 1.807) is 0 Å². The summed E-state index contributed by atoms with van der Waals surface area (Å²) in [5.41, 5.74) is -1.20. The number of halogens is 5. The molecule has 1 saturated heterocycles.